The van der Waals surface area contributed by atoms with Crippen LogP contribution in [0.2, 0.25) is 0 Å². The number of aromatic nitrogens is 5. The molecule has 2 aromatic carbocycles. The maximum atomic E-state index is 12.9. The molecule has 33 heavy (non-hydrogen) atoms. The number of anilines is 1. The highest BCUT2D eigenvalue weighted by Gasteiger charge is 2.29. The summed E-state index contributed by atoms with van der Waals surface area (Å²) in [5.41, 5.74) is 4.89. The summed E-state index contributed by atoms with van der Waals surface area (Å²) in [4.78, 5) is 21.9. The van der Waals surface area contributed by atoms with E-state index in [1.54, 1.807) is 10.9 Å². The van der Waals surface area contributed by atoms with Crippen molar-refractivity contribution in [2.75, 3.05) is 5.32 Å². The molecule has 0 spiro atoms. The molecule has 1 aliphatic carbocycles. The van der Waals surface area contributed by atoms with E-state index >= 15 is 0 Å². The number of hydrogen-bond acceptors (Lipinski definition) is 7. The minimum atomic E-state index is -0.231. The molecule has 0 radical (unpaired) electrons. The van der Waals surface area contributed by atoms with Gasteiger partial charge in [-0.05, 0) is 68.7 Å². The zero-order valence-corrected chi connectivity index (χ0v) is 18.9. The lowest BCUT2D eigenvalue weighted by Crippen LogP contribution is -2.12. The Bertz CT molecular complexity index is 1490. The van der Waals surface area contributed by atoms with E-state index in [4.69, 9.17) is 4.52 Å². The minimum absolute atomic E-state index is 0.231. The predicted molar refractivity (Wildman–Crippen MR) is 126 cm³/mol. The first-order valence-corrected chi connectivity index (χ1v) is 11.5. The third-order valence-electron chi connectivity index (χ3n) is 5.67. The summed E-state index contributed by atoms with van der Waals surface area (Å²) in [5.74, 6) is 1.50. The molecule has 3 heterocycles. The van der Waals surface area contributed by atoms with Gasteiger partial charge >= 0.3 is 0 Å². The maximum absolute atomic E-state index is 12.9. The van der Waals surface area contributed by atoms with Gasteiger partial charge in [-0.15, -0.1) is 0 Å². The molecule has 0 bridgehead atoms. The van der Waals surface area contributed by atoms with Crippen LogP contribution < -0.4 is 5.32 Å². The molecule has 8 nitrogen and oxygen atoms in total. The van der Waals surface area contributed by atoms with Crippen molar-refractivity contribution in [3.05, 3.63) is 71.4 Å². The Kier molecular flexibility index (Phi) is 4.58. The number of carbonyl (C=O) groups excluding carboxylic acids is 1. The number of nitrogens with one attached hydrogen (secondary N) is 1. The maximum Gasteiger partial charge on any atom is 0.260 e. The van der Waals surface area contributed by atoms with Crippen molar-refractivity contribution < 1.29 is 9.32 Å². The Morgan fingerprint density at radius 3 is 2.73 bits per heavy atom. The molecule has 1 amide bonds. The molecule has 0 unspecified atom stereocenters. The standard InChI is InChI=1S/C24H20N6O2S/c1-13-3-10-19-20(11-13)33-24(25-19)27-22(31)18-12-30(28-14(18)2)17-8-6-15(7-9-17)21-26-23(32-29-21)16-4-5-16/h3,6-12,16H,4-5H2,1-2H3,(H,25,27,31). The highest BCUT2D eigenvalue weighted by Crippen LogP contribution is 2.39. The first-order chi connectivity index (χ1) is 16.0. The van der Waals surface area contributed by atoms with Gasteiger partial charge in [-0.25, -0.2) is 9.67 Å². The summed E-state index contributed by atoms with van der Waals surface area (Å²) in [6.07, 6.45) is 3.97. The highest BCUT2D eigenvalue weighted by molar-refractivity contribution is 7.22. The zero-order valence-electron chi connectivity index (χ0n) is 18.1. The number of fused-ring (bicyclic) bond motifs is 1. The highest BCUT2D eigenvalue weighted by atomic mass is 32.1. The van der Waals surface area contributed by atoms with Crippen LogP contribution in [0.4, 0.5) is 5.13 Å². The van der Waals surface area contributed by atoms with E-state index in [-0.39, 0.29) is 5.91 Å². The Balaban J connectivity index is 1.21. The smallest absolute Gasteiger partial charge is 0.260 e. The van der Waals surface area contributed by atoms with Gasteiger partial charge in [-0.1, -0.05) is 22.6 Å². The van der Waals surface area contributed by atoms with Crippen LogP contribution in [0.1, 0.15) is 46.3 Å². The van der Waals surface area contributed by atoms with Gasteiger partial charge in [0.15, 0.2) is 5.13 Å². The van der Waals surface area contributed by atoms with Gasteiger partial charge in [-0.2, -0.15) is 10.1 Å². The van der Waals surface area contributed by atoms with Gasteiger partial charge in [0.2, 0.25) is 11.7 Å². The van der Waals surface area contributed by atoms with Crippen LogP contribution in [-0.4, -0.2) is 30.8 Å². The second-order valence-electron chi connectivity index (χ2n) is 8.29. The van der Waals surface area contributed by atoms with Crippen molar-refractivity contribution >= 4 is 32.6 Å². The van der Waals surface area contributed by atoms with Crippen molar-refractivity contribution in [2.24, 2.45) is 0 Å². The molecule has 5 aromatic rings. The Morgan fingerprint density at radius 2 is 1.94 bits per heavy atom. The summed E-state index contributed by atoms with van der Waals surface area (Å²) >= 11 is 1.46. The van der Waals surface area contributed by atoms with E-state index in [1.165, 1.54) is 11.3 Å². The number of hydrogen-bond donors (Lipinski definition) is 1. The lowest BCUT2D eigenvalue weighted by Gasteiger charge is -2.02. The van der Waals surface area contributed by atoms with E-state index in [2.05, 4.69) is 31.6 Å². The molecule has 1 saturated carbocycles. The van der Waals surface area contributed by atoms with E-state index in [1.807, 2.05) is 50.2 Å². The molecule has 0 atom stereocenters. The number of amides is 1. The van der Waals surface area contributed by atoms with Gasteiger partial charge in [0.25, 0.3) is 5.91 Å². The summed E-state index contributed by atoms with van der Waals surface area (Å²) < 4.78 is 8.09. The van der Waals surface area contributed by atoms with Crippen LogP contribution >= 0.6 is 11.3 Å². The topological polar surface area (TPSA) is 98.7 Å². The lowest BCUT2D eigenvalue weighted by molar-refractivity contribution is 0.102. The molecule has 1 fully saturated rings. The zero-order chi connectivity index (χ0) is 22.5. The lowest BCUT2D eigenvalue weighted by atomic mass is 10.2. The number of nitrogens with zero attached hydrogens (tertiary/aromatic N) is 5. The third kappa shape index (κ3) is 3.80. The second-order valence-corrected chi connectivity index (χ2v) is 9.33. The third-order valence-corrected chi connectivity index (χ3v) is 6.60. The fourth-order valence-corrected chi connectivity index (χ4v) is 4.64. The first kappa shape index (κ1) is 19.8. The van der Waals surface area contributed by atoms with Gasteiger partial charge in [-0.3, -0.25) is 10.1 Å². The molecule has 6 rings (SSSR count). The van der Waals surface area contributed by atoms with Crippen molar-refractivity contribution in [1.82, 2.24) is 24.9 Å². The SMILES string of the molecule is Cc1ccc2nc(NC(=O)c3cn(-c4ccc(-c5noc(C6CC6)n5)cc4)nc3C)sc2c1. The molecular formula is C24H20N6O2S. The monoisotopic (exact) mass is 456 g/mol. The van der Waals surface area contributed by atoms with Crippen molar-refractivity contribution in [2.45, 2.75) is 32.6 Å². The molecule has 9 heteroatoms. The number of benzene rings is 2. The quantitative estimate of drug-likeness (QED) is 0.386. The average molecular weight is 457 g/mol. The molecule has 3 aromatic heterocycles. The van der Waals surface area contributed by atoms with Crippen molar-refractivity contribution in [1.29, 1.82) is 0 Å². The van der Waals surface area contributed by atoms with E-state index in [0.29, 0.717) is 28.1 Å². The van der Waals surface area contributed by atoms with Gasteiger partial charge in [0.05, 0.1) is 27.2 Å². The fraction of sp³-hybridized carbons (Fsp3) is 0.208. The Morgan fingerprint density at radius 1 is 1.12 bits per heavy atom. The van der Waals surface area contributed by atoms with Crippen LogP contribution in [0.5, 0.6) is 0 Å². The average Bonchev–Trinajstić information content (AvgIpc) is 3.22. The van der Waals surface area contributed by atoms with Crippen LogP contribution in [0.25, 0.3) is 27.3 Å². The molecule has 1 N–H and O–H groups in total. The Labute approximate surface area is 193 Å². The second kappa shape index (κ2) is 7.63. The van der Waals surface area contributed by atoms with Gasteiger partial charge in [0.1, 0.15) is 0 Å². The van der Waals surface area contributed by atoms with E-state index in [9.17, 15) is 4.79 Å². The van der Waals surface area contributed by atoms with E-state index in [0.717, 1.165) is 45.8 Å². The van der Waals surface area contributed by atoms with Crippen LogP contribution in [-0.2, 0) is 0 Å². The Hall–Kier alpha value is -3.85. The summed E-state index contributed by atoms with van der Waals surface area (Å²) in [6, 6.07) is 13.7. The first-order valence-electron chi connectivity index (χ1n) is 10.7. The van der Waals surface area contributed by atoms with Crippen molar-refractivity contribution in [3.8, 4) is 17.1 Å². The predicted octanol–water partition coefficient (Wildman–Crippen LogP) is 5.28. The largest absolute Gasteiger partial charge is 0.339 e. The van der Waals surface area contributed by atoms with Crippen LogP contribution in [0, 0.1) is 13.8 Å². The molecule has 164 valence electrons. The number of thiazole rings is 1. The minimum Gasteiger partial charge on any atom is -0.339 e. The van der Waals surface area contributed by atoms with Crippen molar-refractivity contribution in [3.63, 3.8) is 0 Å². The van der Waals surface area contributed by atoms with E-state index < -0.39 is 0 Å². The van der Waals surface area contributed by atoms with Gasteiger partial charge in [0, 0.05) is 17.7 Å². The number of aryl methyl sites for hydroxylation is 2. The summed E-state index contributed by atoms with van der Waals surface area (Å²) in [6.45, 7) is 3.86. The number of rotatable bonds is 5. The normalized spacial score (nSPS) is 13.5. The summed E-state index contributed by atoms with van der Waals surface area (Å²) in [7, 11) is 0. The van der Waals surface area contributed by atoms with Crippen LogP contribution in [0.3, 0.4) is 0 Å². The molecule has 1 aliphatic rings. The molecular weight excluding hydrogens is 436 g/mol. The summed E-state index contributed by atoms with van der Waals surface area (Å²) in [5, 5.41) is 12.1. The van der Waals surface area contributed by atoms with Crippen LogP contribution in [0.15, 0.2) is 53.2 Å². The molecule has 0 saturated heterocycles. The number of carbonyl (C=O) groups is 1. The molecule has 0 aliphatic heterocycles. The fourth-order valence-electron chi connectivity index (χ4n) is 3.68. The van der Waals surface area contributed by atoms with Gasteiger partial charge < -0.3 is 4.52 Å².